The number of amides is 2. The first kappa shape index (κ1) is 24.6. The van der Waals surface area contributed by atoms with Crippen LogP contribution in [-0.4, -0.2) is 42.9 Å². The molecule has 1 aliphatic carbocycles. The van der Waals surface area contributed by atoms with E-state index in [4.69, 9.17) is 23.2 Å². The zero-order chi connectivity index (χ0) is 24.5. The number of likely N-dealkylation sites (tertiary alicyclic amines) is 1. The standard InChI is InChI=1S/C20H25N3O2.C6H3Cl2F/c1-3-18(24)23-11-8-15(13-23)21-14-6-7-16-17(12-14)22(2)19(25)20(16)9-4-5-10-20;7-5-2-1-4(9)3-6(5)8/h3,6-7,12,15,21H,1,4-5,8-11,13H2,2H3;1-3H. The first-order valence-corrected chi connectivity index (χ1v) is 12.2. The van der Waals surface area contributed by atoms with Crippen molar-refractivity contribution < 1.29 is 14.0 Å². The maximum Gasteiger partial charge on any atom is 0.246 e. The Morgan fingerprint density at radius 2 is 1.91 bits per heavy atom. The lowest BCUT2D eigenvalue weighted by atomic mass is 9.80. The second-order valence-corrected chi connectivity index (χ2v) is 9.88. The van der Waals surface area contributed by atoms with Crippen molar-refractivity contribution in [3.63, 3.8) is 0 Å². The van der Waals surface area contributed by atoms with Crippen molar-refractivity contribution in [2.24, 2.45) is 0 Å². The van der Waals surface area contributed by atoms with Gasteiger partial charge in [-0.15, -0.1) is 0 Å². The molecule has 0 bridgehead atoms. The number of halogens is 3. The topological polar surface area (TPSA) is 52.7 Å². The smallest absolute Gasteiger partial charge is 0.246 e. The molecule has 2 aromatic carbocycles. The molecule has 1 saturated heterocycles. The van der Waals surface area contributed by atoms with Gasteiger partial charge in [0.05, 0.1) is 15.5 Å². The number of benzene rings is 2. The summed E-state index contributed by atoms with van der Waals surface area (Å²) in [6, 6.07) is 10.4. The number of fused-ring (bicyclic) bond motifs is 2. The Hall–Kier alpha value is -2.57. The molecule has 180 valence electrons. The highest BCUT2D eigenvalue weighted by atomic mass is 35.5. The lowest BCUT2D eigenvalue weighted by Crippen LogP contribution is -2.36. The Kier molecular flexibility index (Phi) is 7.20. The number of carbonyl (C=O) groups is 2. The molecule has 34 heavy (non-hydrogen) atoms. The Balaban J connectivity index is 0.000000257. The summed E-state index contributed by atoms with van der Waals surface area (Å²) in [6.45, 7) is 5.01. The summed E-state index contributed by atoms with van der Waals surface area (Å²) in [7, 11) is 1.89. The number of nitrogens with one attached hydrogen (secondary N) is 1. The number of hydrogen-bond donors (Lipinski definition) is 1. The quantitative estimate of drug-likeness (QED) is 0.424. The van der Waals surface area contributed by atoms with Gasteiger partial charge in [-0.2, -0.15) is 0 Å². The van der Waals surface area contributed by atoms with E-state index in [2.05, 4.69) is 30.1 Å². The number of rotatable bonds is 3. The van der Waals surface area contributed by atoms with Crippen LogP contribution in [0.1, 0.15) is 37.7 Å². The van der Waals surface area contributed by atoms with Gasteiger partial charge < -0.3 is 15.1 Å². The number of anilines is 2. The minimum atomic E-state index is -0.371. The van der Waals surface area contributed by atoms with Gasteiger partial charge in [0, 0.05) is 37.6 Å². The van der Waals surface area contributed by atoms with Gasteiger partial charge in [0.2, 0.25) is 11.8 Å². The van der Waals surface area contributed by atoms with Gasteiger partial charge in [-0.3, -0.25) is 9.59 Å². The van der Waals surface area contributed by atoms with Gasteiger partial charge in [0.1, 0.15) is 5.82 Å². The highest BCUT2D eigenvalue weighted by Crippen LogP contribution is 2.51. The largest absolute Gasteiger partial charge is 0.380 e. The van der Waals surface area contributed by atoms with E-state index in [1.165, 1.54) is 29.8 Å². The average Bonchev–Trinajstić information content (AvgIpc) is 3.55. The molecular weight excluding hydrogens is 476 g/mol. The molecule has 1 N–H and O–H groups in total. The van der Waals surface area contributed by atoms with E-state index in [-0.39, 0.29) is 34.1 Å². The highest BCUT2D eigenvalue weighted by Gasteiger charge is 2.51. The van der Waals surface area contributed by atoms with Crippen LogP contribution in [0.2, 0.25) is 10.0 Å². The predicted octanol–water partition coefficient (Wildman–Crippen LogP) is 5.81. The van der Waals surface area contributed by atoms with E-state index < -0.39 is 0 Å². The molecule has 1 unspecified atom stereocenters. The fraction of sp³-hybridized carbons (Fsp3) is 0.385. The van der Waals surface area contributed by atoms with Gasteiger partial charge >= 0.3 is 0 Å². The fourth-order valence-electron chi connectivity index (χ4n) is 5.22. The van der Waals surface area contributed by atoms with Crippen molar-refractivity contribution >= 4 is 46.4 Å². The average molecular weight is 504 g/mol. The third-order valence-electron chi connectivity index (χ3n) is 6.97. The van der Waals surface area contributed by atoms with E-state index >= 15 is 0 Å². The summed E-state index contributed by atoms with van der Waals surface area (Å²) in [5, 5.41) is 4.15. The SMILES string of the molecule is C=CC(=O)N1CCC(Nc2ccc3c(c2)N(C)C(=O)C32CCCC2)C1.Fc1ccc(Cl)c(Cl)c1. The first-order chi connectivity index (χ1) is 16.2. The minimum Gasteiger partial charge on any atom is -0.380 e. The maximum atomic E-state index is 12.8. The highest BCUT2D eigenvalue weighted by molar-refractivity contribution is 6.41. The number of nitrogens with zero attached hydrogens (tertiary/aromatic N) is 2. The molecule has 2 fully saturated rings. The molecule has 0 radical (unpaired) electrons. The van der Waals surface area contributed by atoms with Crippen molar-refractivity contribution in [3.05, 3.63) is 70.5 Å². The summed E-state index contributed by atoms with van der Waals surface area (Å²) in [5.41, 5.74) is 2.97. The molecule has 1 atom stereocenters. The number of carbonyl (C=O) groups excluding carboxylic acids is 2. The van der Waals surface area contributed by atoms with Crippen LogP contribution in [0.3, 0.4) is 0 Å². The third kappa shape index (κ3) is 4.66. The van der Waals surface area contributed by atoms with Gasteiger partial charge in [0.25, 0.3) is 0 Å². The monoisotopic (exact) mass is 503 g/mol. The van der Waals surface area contributed by atoms with Crippen LogP contribution in [0, 0.1) is 5.82 Å². The zero-order valence-electron chi connectivity index (χ0n) is 19.1. The van der Waals surface area contributed by atoms with E-state index in [0.717, 1.165) is 50.0 Å². The van der Waals surface area contributed by atoms with Crippen molar-refractivity contribution in [1.29, 1.82) is 0 Å². The van der Waals surface area contributed by atoms with Crippen LogP contribution in [0.15, 0.2) is 49.1 Å². The molecular formula is C26H28Cl2FN3O2. The van der Waals surface area contributed by atoms with Crippen LogP contribution in [-0.2, 0) is 15.0 Å². The molecule has 2 amide bonds. The number of likely N-dealkylation sites (N-methyl/N-ethyl adjacent to an activating group) is 1. The van der Waals surface area contributed by atoms with Crippen LogP contribution in [0.4, 0.5) is 15.8 Å². The van der Waals surface area contributed by atoms with Gasteiger partial charge in [-0.1, -0.05) is 48.7 Å². The molecule has 1 spiro atoms. The van der Waals surface area contributed by atoms with Gasteiger partial charge in [0.15, 0.2) is 0 Å². The van der Waals surface area contributed by atoms with E-state index in [0.29, 0.717) is 11.6 Å². The summed E-state index contributed by atoms with van der Waals surface area (Å²) in [5.74, 6) is -0.128. The van der Waals surface area contributed by atoms with Crippen molar-refractivity contribution in [1.82, 2.24) is 4.90 Å². The minimum absolute atomic E-state index is 0.00763. The third-order valence-corrected chi connectivity index (χ3v) is 7.71. The van der Waals surface area contributed by atoms with E-state index in [9.17, 15) is 14.0 Å². The van der Waals surface area contributed by atoms with Crippen LogP contribution >= 0.6 is 23.2 Å². The summed E-state index contributed by atoms with van der Waals surface area (Å²) in [4.78, 5) is 28.2. The lowest BCUT2D eigenvalue weighted by molar-refractivity contribution is -0.125. The van der Waals surface area contributed by atoms with E-state index in [1.807, 2.05) is 16.8 Å². The normalized spacial score (nSPS) is 20.2. The van der Waals surface area contributed by atoms with E-state index in [1.54, 1.807) is 0 Å². The molecule has 8 heteroatoms. The molecule has 3 aliphatic rings. The Morgan fingerprint density at radius 1 is 1.18 bits per heavy atom. The predicted molar refractivity (Wildman–Crippen MR) is 135 cm³/mol. The van der Waals surface area contributed by atoms with Crippen molar-refractivity contribution in [3.8, 4) is 0 Å². The molecule has 0 aromatic heterocycles. The second-order valence-electron chi connectivity index (χ2n) is 9.06. The first-order valence-electron chi connectivity index (χ1n) is 11.5. The van der Waals surface area contributed by atoms with Crippen molar-refractivity contribution in [2.45, 2.75) is 43.6 Å². The molecule has 2 aromatic rings. The summed E-state index contributed by atoms with van der Waals surface area (Å²) in [6.07, 6.45) is 6.51. The molecule has 5 rings (SSSR count). The van der Waals surface area contributed by atoms with Crippen LogP contribution in [0.25, 0.3) is 0 Å². The van der Waals surface area contributed by atoms with Crippen LogP contribution in [0.5, 0.6) is 0 Å². The Labute approximate surface area is 209 Å². The molecule has 5 nitrogen and oxygen atoms in total. The van der Waals surface area contributed by atoms with Gasteiger partial charge in [-0.05, 0) is 61.2 Å². The number of hydrogen-bond acceptors (Lipinski definition) is 3. The fourth-order valence-corrected chi connectivity index (χ4v) is 5.51. The maximum absolute atomic E-state index is 12.8. The lowest BCUT2D eigenvalue weighted by Gasteiger charge is -2.21. The molecule has 2 aliphatic heterocycles. The van der Waals surface area contributed by atoms with Crippen LogP contribution < -0.4 is 10.2 Å². The Bertz CT molecular complexity index is 1120. The summed E-state index contributed by atoms with van der Waals surface area (Å²) >= 11 is 10.9. The van der Waals surface area contributed by atoms with Gasteiger partial charge in [-0.25, -0.2) is 4.39 Å². The Morgan fingerprint density at radius 3 is 2.56 bits per heavy atom. The zero-order valence-corrected chi connectivity index (χ0v) is 20.6. The molecule has 1 saturated carbocycles. The summed E-state index contributed by atoms with van der Waals surface area (Å²) < 4.78 is 12.2. The molecule has 2 heterocycles. The van der Waals surface area contributed by atoms with Crippen molar-refractivity contribution in [2.75, 3.05) is 30.4 Å². The second kappa shape index (κ2) is 9.96.